The molecule has 3 aromatic carbocycles. The van der Waals surface area contributed by atoms with E-state index >= 15 is 0 Å². The average Bonchev–Trinajstić information content (AvgIpc) is 3.44. The minimum absolute atomic E-state index is 0.111. The molecule has 5 nitrogen and oxygen atoms in total. The summed E-state index contributed by atoms with van der Waals surface area (Å²) < 4.78 is 2.03. The van der Waals surface area contributed by atoms with E-state index in [1.165, 1.54) is 0 Å². The van der Waals surface area contributed by atoms with Crippen LogP contribution in [0.15, 0.2) is 97.6 Å². The zero-order valence-electron chi connectivity index (χ0n) is 19.8. The predicted molar refractivity (Wildman–Crippen MR) is 136 cm³/mol. The first-order valence-corrected chi connectivity index (χ1v) is 12.2. The van der Waals surface area contributed by atoms with Crippen molar-refractivity contribution in [2.24, 2.45) is 5.92 Å². The minimum Gasteiger partial charge on any atom is -0.380 e. The van der Waals surface area contributed by atoms with Gasteiger partial charge in [-0.1, -0.05) is 72.8 Å². The molecule has 0 saturated carbocycles. The van der Waals surface area contributed by atoms with Crippen LogP contribution in [0, 0.1) is 17.2 Å². The zero-order chi connectivity index (χ0) is 24.1. The lowest BCUT2D eigenvalue weighted by Gasteiger charge is -2.42. The van der Waals surface area contributed by atoms with E-state index in [0.29, 0.717) is 6.54 Å². The second-order valence-electron chi connectivity index (χ2n) is 9.34. The van der Waals surface area contributed by atoms with Crippen LogP contribution in [0.5, 0.6) is 0 Å². The van der Waals surface area contributed by atoms with Crippen LogP contribution in [0.25, 0.3) is 0 Å². The Labute approximate surface area is 206 Å². The van der Waals surface area contributed by atoms with Gasteiger partial charge in [-0.15, -0.1) is 0 Å². The Bertz CT molecular complexity index is 1230. The number of aliphatic hydroxyl groups is 1. The molecule has 0 radical (unpaired) electrons. The molecule has 2 heterocycles. The Hall–Kier alpha value is -3.72. The van der Waals surface area contributed by atoms with E-state index in [1.807, 2.05) is 89.9 Å². The monoisotopic (exact) mass is 462 g/mol. The number of benzene rings is 3. The summed E-state index contributed by atoms with van der Waals surface area (Å²) in [7, 11) is 0. The van der Waals surface area contributed by atoms with E-state index in [4.69, 9.17) is 0 Å². The molecule has 0 amide bonds. The Balaban J connectivity index is 1.36. The highest BCUT2D eigenvalue weighted by molar-refractivity contribution is 5.43. The Morgan fingerprint density at radius 2 is 1.54 bits per heavy atom. The van der Waals surface area contributed by atoms with Gasteiger partial charge in [0.25, 0.3) is 0 Å². The molecule has 0 aliphatic carbocycles. The summed E-state index contributed by atoms with van der Waals surface area (Å²) in [6.45, 7) is 3.17. The first kappa shape index (κ1) is 23.0. The fourth-order valence-corrected chi connectivity index (χ4v) is 5.41. The average molecular weight is 463 g/mol. The number of likely N-dealkylation sites (tertiary alicyclic amines) is 1. The fraction of sp³-hybridized carbons (Fsp3) is 0.267. The largest absolute Gasteiger partial charge is 0.380 e. The van der Waals surface area contributed by atoms with Gasteiger partial charge in [0.15, 0.2) is 0 Å². The zero-order valence-corrected chi connectivity index (χ0v) is 19.8. The number of piperidine rings is 1. The van der Waals surface area contributed by atoms with Gasteiger partial charge in [0.05, 0.1) is 18.0 Å². The van der Waals surface area contributed by atoms with E-state index in [0.717, 1.165) is 60.3 Å². The fourth-order valence-electron chi connectivity index (χ4n) is 5.41. The quantitative estimate of drug-likeness (QED) is 0.422. The lowest BCUT2D eigenvalue weighted by atomic mass is 9.72. The van der Waals surface area contributed by atoms with Crippen LogP contribution < -0.4 is 0 Å². The Morgan fingerprint density at radius 1 is 0.886 bits per heavy atom. The van der Waals surface area contributed by atoms with Gasteiger partial charge >= 0.3 is 0 Å². The minimum atomic E-state index is -1.02. The third-order valence-corrected chi connectivity index (χ3v) is 7.29. The molecule has 4 aromatic rings. The number of nitrogens with zero attached hydrogens (tertiary/aromatic N) is 4. The lowest BCUT2D eigenvalue weighted by Crippen LogP contribution is -2.44. The summed E-state index contributed by atoms with van der Waals surface area (Å²) in [6.07, 6.45) is 7.29. The topological polar surface area (TPSA) is 65.1 Å². The van der Waals surface area contributed by atoms with Crippen LogP contribution in [-0.2, 0) is 18.7 Å². The van der Waals surface area contributed by atoms with Gasteiger partial charge in [-0.3, -0.25) is 4.90 Å². The summed E-state index contributed by atoms with van der Waals surface area (Å²) in [5.41, 5.74) is 3.84. The van der Waals surface area contributed by atoms with Gasteiger partial charge < -0.3 is 9.67 Å². The first-order valence-electron chi connectivity index (χ1n) is 12.2. The highest BCUT2D eigenvalue weighted by Crippen LogP contribution is 2.42. The molecule has 0 atom stereocenters. The van der Waals surface area contributed by atoms with E-state index in [1.54, 1.807) is 6.20 Å². The van der Waals surface area contributed by atoms with Gasteiger partial charge in [-0.25, -0.2) is 4.98 Å². The van der Waals surface area contributed by atoms with Crippen molar-refractivity contribution in [3.63, 3.8) is 0 Å². The number of hydrogen-bond acceptors (Lipinski definition) is 4. The van der Waals surface area contributed by atoms with Crippen molar-refractivity contribution < 1.29 is 5.11 Å². The molecular formula is C30H30N4O. The number of imidazole rings is 1. The SMILES string of the molecule is N#Cc1cccc(Cn2ccnc2)c1CN1CCC(C(O)(c2ccccc2)c2ccccc2)CC1. The van der Waals surface area contributed by atoms with Gasteiger partial charge in [-0.05, 0) is 60.2 Å². The van der Waals surface area contributed by atoms with Crippen LogP contribution in [0.4, 0.5) is 0 Å². The summed E-state index contributed by atoms with van der Waals surface area (Å²) >= 11 is 0. The van der Waals surface area contributed by atoms with Crippen LogP contribution in [0.2, 0.25) is 0 Å². The number of aromatic nitrogens is 2. The molecule has 1 fully saturated rings. The normalized spacial score (nSPS) is 15.1. The molecule has 1 aliphatic rings. The number of rotatable bonds is 7. The van der Waals surface area contributed by atoms with Gasteiger partial charge in [-0.2, -0.15) is 5.26 Å². The second kappa shape index (κ2) is 10.3. The number of nitriles is 1. The van der Waals surface area contributed by atoms with E-state index in [9.17, 15) is 10.4 Å². The molecule has 1 saturated heterocycles. The van der Waals surface area contributed by atoms with E-state index < -0.39 is 5.60 Å². The smallest absolute Gasteiger partial charge is 0.117 e. The van der Waals surface area contributed by atoms with Crippen molar-refractivity contribution in [1.82, 2.24) is 14.5 Å². The summed E-state index contributed by atoms with van der Waals surface area (Å²) in [6, 6.07) is 28.5. The maximum absolute atomic E-state index is 12.2. The summed E-state index contributed by atoms with van der Waals surface area (Å²) in [5, 5.41) is 21.9. The molecule has 0 bridgehead atoms. The van der Waals surface area contributed by atoms with Gasteiger partial charge in [0.1, 0.15) is 5.60 Å². The van der Waals surface area contributed by atoms with Gasteiger partial charge in [0, 0.05) is 25.5 Å². The lowest BCUT2D eigenvalue weighted by molar-refractivity contribution is -0.0153. The molecule has 0 spiro atoms. The Morgan fingerprint density at radius 3 is 2.11 bits per heavy atom. The van der Waals surface area contributed by atoms with E-state index in [2.05, 4.69) is 22.0 Å². The molecular weight excluding hydrogens is 432 g/mol. The number of hydrogen-bond donors (Lipinski definition) is 1. The molecule has 5 heteroatoms. The van der Waals surface area contributed by atoms with Crippen molar-refractivity contribution in [1.29, 1.82) is 5.26 Å². The molecule has 1 N–H and O–H groups in total. The van der Waals surface area contributed by atoms with Crippen LogP contribution in [-0.4, -0.2) is 32.6 Å². The molecule has 1 aliphatic heterocycles. The third kappa shape index (κ3) is 4.77. The van der Waals surface area contributed by atoms with Crippen molar-refractivity contribution in [2.45, 2.75) is 31.5 Å². The standard InChI is InChI=1S/C30H30N4O/c31-20-24-8-7-9-25(21-34-19-16-32-23-34)29(24)22-33-17-14-28(15-18-33)30(35,26-10-3-1-4-11-26)27-12-5-2-6-13-27/h1-13,16,19,23,28,35H,14-15,17-18,21-22H2. The summed E-state index contributed by atoms with van der Waals surface area (Å²) in [5.74, 6) is 0.111. The first-order chi connectivity index (χ1) is 17.2. The molecule has 176 valence electrons. The maximum atomic E-state index is 12.2. The Kier molecular flexibility index (Phi) is 6.76. The van der Waals surface area contributed by atoms with Crippen LogP contribution >= 0.6 is 0 Å². The van der Waals surface area contributed by atoms with Crippen molar-refractivity contribution in [2.75, 3.05) is 13.1 Å². The molecule has 35 heavy (non-hydrogen) atoms. The predicted octanol–water partition coefficient (Wildman–Crippen LogP) is 4.95. The molecule has 0 unspecified atom stereocenters. The second-order valence-corrected chi connectivity index (χ2v) is 9.34. The highest BCUT2D eigenvalue weighted by atomic mass is 16.3. The van der Waals surface area contributed by atoms with Crippen molar-refractivity contribution >= 4 is 0 Å². The highest BCUT2D eigenvalue weighted by Gasteiger charge is 2.41. The van der Waals surface area contributed by atoms with Crippen molar-refractivity contribution in [3.8, 4) is 6.07 Å². The molecule has 1 aromatic heterocycles. The third-order valence-electron chi connectivity index (χ3n) is 7.29. The van der Waals surface area contributed by atoms with Crippen LogP contribution in [0.1, 0.15) is 40.7 Å². The maximum Gasteiger partial charge on any atom is 0.117 e. The molecule has 5 rings (SSSR count). The summed E-state index contributed by atoms with van der Waals surface area (Å²) in [4.78, 5) is 6.57. The van der Waals surface area contributed by atoms with E-state index in [-0.39, 0.29) is 5.92 Å². The van der Waals surface area contributed by atoms with Gasteiger partial charge in [0.2, 0.25) is 0 Å². The van der Waals surface area contributed by atoms with Crippen LogP contribution in [0.3, 0.4) is 0 Å². The van der Waals surface area contributed by atoms with Crippen molar-refractivity contribution in [3.05, 3.63) is 125 Å².